The molecule has 0 saturated heterocycles. The zero-order valence-corrected chi connectivity index (χ0v) is 10.2. The largest absolute Gasteiger partial charge is 0.504 e. The molecule has 0 aromatic heterocycles. The van der Waals surface area contributed by atoms with Crippen molar-refractivity contribution in [3.05, 3.63) is 59.2 Å². The van der Waals surface area contributed by atoms with E-state index in [2.05, 4.69) is 5.32 Å². The van der Waals surface area contributed by atoms with Crippen LogP contribution in [0.1, 0.15) is 15.9 Å². The Kier molecular flexibility index (Phi) is 3.84. The molecule has 0 spiro atoms. The van der Waals surface area contributed by atoms with Gasteiger partial charge in [0.25, 0.3) is 5.91 Å². The number of benzene rings is 2. The number of phenolic OH excluding ortho intramolecular Hbond substituents is 2. The van der Waals surface area contributed by atoms with Gasteiger partial charge in [-0.25, -0.2) is 8.78 Å². The van der Waals surface area contributed by atoms with Crippen LogP contribution in [0, 0.1) is 11.6 Å². The lowest BCUT2D eigenvalue weighted by molar-refractivity contribution is 0.0947. The highest BCUT2D eigenvalue weighted by molar-refractivity contribution is 5.97. The van der Waals surface area contributed by atoms with Crippen molar-refractivity contribution in [2.24, 2.45) is 0 Å². The molecule has 6 heteroatoms. The molecule has 3 N–H and O–H groups in total. The molecule has 104 valence electrons. The molecular formula is C14H11F2NO3. The molecule has 2 rings (SSSR count). The summed E-state index contributed by atoms with van der Waals surface area (Å²) in [6, 6.07) is 6.97. The van der Waals surface area contributed by atoms with E-state index in [1.807, 2.05) is 0 Å². The van der Waals surface area contributed by atoms with Gasteiger partial charge in [0.2, 0.25) is 0 Å². The minimum Gasteiger partial charge on any atom is -0.504 e. The smallest absolute Gasteiger partial charge is 0.255 e. The molecule has 2 aromatic rings. The Morgan fingerprint density at radius 2 is 1.70 bits per heavy atom. The molecule has 2 aromatic carbocycles. The van der Waals surface area contributed by atoms with E-state index in [0.717, 1.165) is 6.07 Å². The minimum absolute atomic E-state index is 0.0792. The lowest BCUT2D eigenvalue weighted by Crippen LogP contribution is -2.23. The molecule has 0 aliphatic carbocycles. The van der Waals surface area contributed by atoms with Crippen LogP contribution in [0.2, 0.25) is 0 Å². The van der Waals surface area contributed by atoms with Gasteiger partial charge < -0.3 is 15.5 Å². The predicted octanol–water partition coefficient (Wildman–Crippen LogP) is 2.31. The van der Waals surface area contributed by atoms with Gasteiger partial charge in [-0.1, -0.05) is 12.1 Å². The fourth-order valence-corrected chi connectivity index (χ4v) is 1.64. The standard InChI is InChI=1S/C14H11F2NO3/c15-9-3-1-8(2-4-9)7-17-14(20)11-5-10(16)6-12(18)13(11)19/h1-6,18-19H,7H2,(H,17,20). The summed E-state index contributed by atoms with van der Waals surface area (Å²) in [6.07, 6.45) is 0. The van der Waals surface area contributed by atoms with Crippen molar-refractivity contribution in [1.29, 1.82) is 0 Å². The number of aromatic hydroxyl groups is 2. The van der Waals surface area contributed by atoms with Crippen molar-refractivity contribution in [1.82, 2.24) is 5.32 Å². The maximum atomic E-state index is 13.1. The molecule has 0 bridgehead atoms. The first-order valence-corrected chi connectivity index (χ1v) is 5.71. The van der Waals surface area contributed by atoms with E-state index in [1.165, 1.54) is 24.3 Å². The average molecular weight is 279 g/mol. The number of halogens is 2. The zero-order valence-electron chi connectivity index (χ0n) is 10.2. The van der Waals surface area contributed by atoms with E-state index in [4.69, 9.17) is 0 Å². The van der Waals surface area contributed by atoms with E-state index in [1.54, 1.807) is 0 Å². The first-order chi connectivity index (χ1) is 9.47. The van der Waals surface area contributed by atoms with Gasteiger partial charge in [0.15, 0.2) is 11.5 Å². The molecule has 0 aliphatic rings. The molecule has 20 heavy (non-hydrogen) atoms. The van der Waals surface area contributed by atoms with E-state index < -0.39 is 29.0 Å². The number of carbonyl (C=O) groups excluding carboxylic acids is 1. The lowest BCUT2D eigenvalue weighted by Gasteiger charge is -2.08. The van der Waals surface area contributed by atoms with Crippen LogP contribution in [0.15, 0.2) is 36.4 Å². The van der Waals surface area contributed by atoms with Crippen LogP contribution >= 0.6 is 0 Å². The number of hydrogen-bond donors (Lipinski definition) is 3. The quantitative estimate of drug-likeness (QED) is 0.755. The Labute approximate surface area is 113 Å². The second-order valence-electron chi connectivity index (χ2n) is 4.13. The number of amides is 1. The summed E-state index contributed by atoms with van der Waals surface area (Å²) in [4.78, 5) is 11.8. The second-order valence-corrected chi connectivity index (χ2v) is 4.13. The second kappa shape index (κ2) is 5.56. The topological polar surface area (TPSA) is 69.6 Å². The molecule has 1 amide bonds. The highest BCUT2D eigenvalue weighted by Gasteiger charge is 2.16. The van der Waals surface area contributed by atoms with Crippen LogP contribution < -0.4 is 5.32 Å². The van der Waals surface area contributed by atoms with Crippen molar-refractivity contribution in [3.63, 3.8) is 0 Å². The van der Waals surface area contributed by atoms with Crippen LogP contribution in [0.4, 0.5) is 8.78 Å². The van der Waals surface area contributed by atoms with E-state index in [0.29, 0.717) is 11.6 Å². The summed E-state index contributed by atoms with van der Waals surface area (Å²) in [5.41, 5.74) is 0.268. The molecule has 0 fully saturated rings. The first-order valence-electron chi connectivity index (χ1n) is 5.71. The van der Waals surface area contributed by atoms with Gasteiger partial charge in [-0.2, -0.15) is 0 Å². The summed E-state index contributed by atoms with van der Waals surface area (Å²) >= 11 is 0. The SMILES string of the molecule is O=C(NCc1ccc(F)cc1)c1cc(F)cc(O)c1O. The molecule has 0 aliphatic heterocycles. The third-order valence-electron chi connectivity index (χ3n) is 2.67. The fourth-order valence-electron chi connectivity index (χ4n) is 1.64. The Morgan fingerprint density at radius 1 is 1.05 bits per heavy atom. The van der Waals surface area contributed by atoms with Crippen molar-refractivity contribution >= 4 is 5.91 Å². The molecule has 0 atom stereocenters. The molecule has 0 unspecified atom stereocenters. The number of nitrogens with one attached hydrogen (secondary N) is 1. The maximum absolute atomic E-state index is 13.1. The van der Waals surface area contributed by atoms with Gasteiger partial charge in [-0.15, -0.1) is 0 Å². The normalized spacial score (nSPS) is 10.3. The van der Waals surface area contributed by atoms with Crippen molar-refractivity contribution in [2.45, 2.75) is 6.54 Å². The summed E-state index contributed by atoms with van der Waals surface area (Å²) in [5.74, 6) is -3.39. The summed E-state index contributed by atoms with van der Waals surface area (Å²) in [6.45, 7) is 0.0792. The first kappa shape index (κ1) is 13.8. The predicted molar refractivity (Wildman–Crippen MR) is 67.3 cm³/mol. The minimum atomic E-state index is -0.841. The Bertz CT molecular complexity index is 642. The van der Waals surface area contributed by atoms with Crippen LogP contribution in [0.3, 0.4) is 0 Å². The van der Waals surface area contributed by atoms with Gasteiger partial charge >= 0.3 is 0 Å². The van der Waals surface area contributed by atoms with Crippen molar-refractivity contribution < 1.29 is 23.8 Å². The van der Waals surface area contributed by atoms with E-state index in [9.17, 15) is 23.8 Å². The van der Waals surface area contributed by atoms with Gasteiger partial charge in [-0.05, 0) is 23.8 Å². The Morgan fingerprint density at radius 3 is 2.35 bits per heavy atom. The maximum Gasteiger partial charge on any atom is 0.255 e. The molecule has 0 radical (unpaired) electrons. The molecular weight excluding hydrogens is 268 g/mol. The molecule has 0 heterocycles. The van der Waals surface area contributed by atoms with Gasteiger partial charge in [0, 0.05) is 12.6 Å². The molecule has 0 saturated carbocycles. The Hall–Kier alpha value is -2.63. The van der Waals surface area contributed by atoms with Crippen LogP contribution in [-0.2, 0) is 6.54 Å². The molecule has 4 nitrogen and oxygen atoms in total. The van der Waals surface area contributed by atoms with Gasteiger partial charge in [0.05, 0.1) is 5.56 Å². The monoisotopic (exact) mass is 279 g/mol. The fraction of sp³-hybridized carbons (Fsp3) is 0.0714. The number of rotatable bonds is 3. The highest BCUT2D eigenvalue weighted by Crippen LogP contribution is 2.29. The number of phenols is 2. The zero-order chi connectivity index (χ0) is 14.7. The number of carbonyl (C=O) groups is 1. The highest BCUT2D eigenvalue weighted by atomic mass is 19.1. The summed E-state index contributed by atoms with van der Waals surface area (Å²) < 4.78 is 25.8. The van der Waals surface area contributed by atoms with Crippen LogP contribution in [-0.4, -0.2) is 16.1 Å². The third-order valence-corrected chi connectivity index (χ3v) is 2.67. The Balaban J connectivity index is 2.11. The summed E-state index contributed by atoms with van der Waals surface area (Å²) in [5, 5.41) is 21.2. The van der Waals surface area contributed by atoms with Crippen LogP contribution in [0.5, 0.6) is 11.5 Å². The number of hydrogen-bond acceptors (Lipinski definition) is 3. The average Bonchev–Trinajstić information content (AvgIpc) is 2.42. The van der Waals surface area contributed by atoms with Gasteiger partial charge in [-0.3, -0.25) is 4.79 Å². The van der Waals surface area contributed by atoms with Crippen molar-refractivity contribution in [2.75, 3.05) is 0 Å². The van der Waals surface area contributed by atoms with E-state index >= 15 is 0 Å². The van der Waals surface area contributed by atoms with Crippen molar-refractivity contribution in [3.8, 4) is 11.5 Å². The van der Waals surface area contributed by atoms with Crippen LogP contribution in [0.25, 0.3) is 0 Å². The lowest BCUT2D eigenvalue weighted by atomic mass is 10.1. The third kappa shape index (κ3) is 3.03. The van der Waals surface area contributed by atoms with E-state index in [-0.39, 0.29) is 12.1 Å². The summed E-state index contributed by atoms with van der Waals surface area (Å²) in [7, 11) is 0. The van der Waals surface area contributed by atoms with Gasteiger partial charge in [0.1, 0.15) is 11.6 Å².